The van der Waals surface area contributed by atoms with E-state index in [1.165, 1.54) is 16.4 Å². The Morgan fingerprint density at radius 3 is 2.28 bits per heavy atom. The summed E-state index contributed by atoms with van der Waals surface area (Å²) in [5, 5.41) is 2.81. The highest BCUT2D eigenvalue weighted by molar-refractivity contribution is 7.89. The van der Waals surface area contributed by atoms with E-state index in [9.17, 15) is 13.2 Å². The summed E-state index contributed by atoms with van der Waals surface area (Å²) in [4.78, 5) is 12.3. The molecule has 25 heavy (non-hydrogen) atoms. The van der Waals surface area contributed by atoms with Crippen LogP contribution >= 0.6 is 0 Å². The number of rotatable bonds is 11. The molecule has 0 aliphatic carbocycles. The fourth-order valence-corrected chi connectivity index (χ4v) is 3.75. The van der Waals surface area contributed by atoms with Gasteiger partial charge in [-0.15, -0.1) is 0 Å². The van der Waals surface area contributed by atoms with Crippen molar-refractivity contribution in [3.8, 4) is 0 Å². The second kappa shape index (κ2) is 10.5. The van der Waals surface area contributed by atoms with Crippen LogP contribution in [0.5, 0.6) is 0 Å². The first-order chi connectivity index (χ1) is 11.8. The van der Waals surface area contributed by atoms with Crippen LogP contribution in [0.1, 0.15) is 44.5 Å². The summed E-state index contributed by atoms with van der Waals surface area (Å²) in [5.41, 5.74) is 0.446. The predicted octanol–water partition coefficient (Wildman–Crippen LogP) is 2.51. The molecule has 0 saturated carbocycles. The molecule has 1 rings (SSSR count). The molecule has 0 aliphatic rings. The molecule has 0 unspecified atom stereocenters. The third kappa shape index (κ3) is 6.76. The molecule has 6 nitrogen and oxygen atoms in total. The van der Waals surface area contributed by atoms with Crippen molar-refractivity contribution < 1.29 is 17.9 Å². The average Bonchev–Trinajstić information content (AvgIpc) is 2.58. The Labute approximate surface area is 151 Å². The maximum absolute atomic E-state index is 12.4. The summed E-state index contributed by atoms with van der Waals surface area (Å²) in [6.45, 7) is 10.5. The minimum Gasteiger partial charge on any atom is -0.381 e. The maximum Gasteiger partial charge on any atom is 0.251 e. The summed E-state index contributed by atoms with van der Waals surface area (Å²) in [5.74, 6) is 0.288. The molecule has 142 valence electrons. The minimum absolute atomic E-state index is 0.204. The Morgan fingerprint density at radius 1 is 1.16 bits per heavy atom. The van der Waals surface area contributed by atoms with Crippen LogP contribution in [0.15, 0.2) is 29.2 Å². The Morgan fingerprint density at radius 2 is 1.76 bits per heavy atom. The Balaban J connectivity index is 2.54. The number of nitrogens with zero attached hydrogens (tertiary/aromatic N) is 1. The van der Waals surface area contributed by atoms with Crippen molar-refractivity contribution in [3.63, 3.8) is 0 Å². The van der Waals surface area contributed by atoms with Gasteiger partial charge in [0, 0.05) is 38.4 Å². The SMILES string of the molecule is CCN(CC)S(=O)(=O)c1ccc(C(=O)NCCCOCC(C)C)cc1. The Hall–Kier alpha value is -1.44. The molecule has 1 aromatic rings. The second-order valence-corrected chi connectivity index (χ2v) is 8.13. The van der Waals surface area contributed by atoms with Crippen LogP contribution in [0.3, 0.4) is 0 Å². The lowest BCUT2D eigenvalue weighted by Gasteiger charge is -2.18. The fourth-order valence-electron chi connectivity index (χ4n) is 2.29. The average molecular weight is 371 g/mol. The third-order valence-corrected chi connectivity index (χ3v) is 5.73. The van der Waals surface area contributed by atoms with E-state index in [1.807, 2.05) is 0 Å². The number of benzene rings is 1. The van der Waals surface area contributed by atoms with Crippen molar-refractivity contribution in [1.82, 2.24) is 9.62 Å². The summed E-state index contributed by atoms with van der Waals surface area (Å²) in [6, 6.07) is 6.05. The van der Waals surface area contributed by atoms with Gasteiger partial charge in [-0.25, -0.2) is 8.42 Å². The van der Waals surface area contributed by atoms with Gasteiger partial charge in [-0.05, 0) is 36.6 Å². The van der Waals surface area contributed by atoms with E-state index in [4.69, 9.17) is 4.74 Å². The van der Waals surface area contributed by atoms with Gasteiger partial charge < -0.3 is 10.1 Å². The summed E-state index contributed by atoms with van der Waals surface area (Å²) in [6.07, 6.45) is 0.743. The van der Waals surface area contributed by atoms with Crippen LogP contribution in [-0.2, 0) is 14.8 Å². The minimum atomic E-state index is -3.49. The molecule has 0 radical (unpaired) electrons. The molecular formula is C18H30N2O4S. The van der Waals surface area contributed by atoms with Crippen molar-refractivity contribution in [2.75, 3.05) is 32.8 Å². The van der Waals surface area contributed by atoms with E-state index in [1.54, 1.807) is 26.0 Å². The zero-order valence-electron chi connectivity index (χ0n) is 15.6. The van der Waals surface area contributed by atoms with Crippen molar-refractivity contribution in [2.24, 2.45) is 5.92 Å². The van der Waals surface area contributed by atoms with Crippen LogP contribution in [-0.4, -0.2) is 51.5 Å². The number of ether oxygens (including phenoxy) is 1. The molecule has 0 bridgehead atoms. The number of carbonyl (C=O) groups is 1. The third-order valence-electron chi connectivity index (χ3n) is 3.66. The quantitative estimate of drug-likeness (QED) is 0.607. The molecule has 0 spiro atoms. The maximum atomic E-state index is 12.4. The number of amides is 1. The number of sulfonamides is 1. The van der Waals surface area contributed by atoms with Gasteiger partial charge in [0.25, 0.3) is 5.91 Å². The summed E-state index contributed by atoms with van der Waals surface area (Å²) < 4.78 is 31.7. The van der Waals surface area contributed by atoms with E-state index in [2.05, 4.69) is 19.2 Å². The highest BCUT2D eigenvalue weighted by atomic mass is 32.2. The molecule has 1 amide bonds. The van der Waals surface area contributed by atoms with Gasteiger partial charge in [-0.3, -0.25) is 4.79 Å². The topological polar surface area (TPSA) is 75.7 Å². The van der Waals surface area contributed by atoms with E-state index in [-0.39, 0.29) is 10.8 Å². The molecular weight excluding hydrogens is 340 g/mol. The van der Waals surface area contributed by atoms with Crippen molar-refractivity contribution in [2.45, 2.75) is 39.0 Å². The normalized spacial score (nSPS) is 11.9. The summed E-state index contributed by atoms with van der Waals surface area (Å²) >= 11 is 0. The summed E-state index contributed by atoms with van der Waals surface area (Å²) in [7, 11) is -3.49. The van der Waals surface area contributed by atoms with E-state index < -0.39 is 10.0 Å². The predicted molar refractivity (Wildman–Crippen MR) is 99.2 cm³/mol. The zero-order chi connectivity index (χ0) is 18.9. The van der Waals surface area contributed by atoms with Crippen molar-refractivity contribution in [3.05, 3.63) is 29.8 Å². The Kier molecular flexibility index (Phi) is 9.10. The molecule has 1 N–H and O–H groups in total. The second-order valence-electron chi connectivity index (χ2n) is 6.19. The van der Waals surface area contributed by atoms with Gasteiger partial charge in [0.05, 0.1) is 4.90 Å². The lowest BCUT2D eigenvalue weighted by molar-refractivity contribution is 0.0925. The molecule has 0 saturated heterocycles. The van der Waals surface area contributed by atoms with Crippen LogP contribution in [0, 0.1) is 5.92 Å². The largest absolute Gasteiger partial charge is 0.381 e. The lowest BCUT2D eigenvalue weighted by atomic mass is 10.2. The number of carbonyl (C=O) groups excluding carboxylic acids is 1. The molecule has 0 heterocycles. The van der Waals surface area contributed by atoms with Gasteiger partial charge in [0.2, 0.25) is 10.0 Å². The molecule has 0 aliphatic heterocycles. The number of hydrogen-bond donors (Lipinski definition) is 1. The first-order valence-corrected chi connectivity index (χ1v) is 10.2. The van der Waals surface area contributed by atoms with Crippen LogP contribution in [0.4, 0.5) is 0 Å². The van der Waals surface area contributed by atoms with Gasteiger partial charge in [-0.1, -0.05) is 27.7 Å². The first kappa shape index (κ1) is 21.6. The van der Waals surface area contributed by atoms with Crippen LogP contribution in [0.25, 0.3) is 0 Å². The molecule has 1 aromatic carbocycles. The van der Waals surface area contributed by atoms with Gasteiger partial charge in [0.1, 0.15) is 0 Å². The van der Waals surface area contributed by atoms with E-state index in [0.29, 0.717) is 37.7 Å². The number of hydrogen-bond acceptors (Lipinski definition) is 4. The van der Waals surface area contributed by atoms with Crippen LogP contribution < -0.4 is 5.32 Å². The standard InChI is InChI=1S/C18H30N2O4S/c1-5-20(6-2)25(22,23)17-10-8-16(9-11-17)18(21)19-12-7-13-24-14-15(3)4/h8-11,15H,5-7,12-14H2,1-4H3,(H,19,21). The van der Waals surface area contributed by atoms with Gasteiger partial charge in [0.15, 0.2) is 0 Å². The first-order valence-electron chi connectivity index (χ1n) is 8.79. The van der Waals surface area contributed by atoms with E-state index >= 15 is 0 Å². The highest BCUT2D eigenvalue weighted by Gasteiger charge is 2.21. The lowest BCUT2D eigenvalue weighted by Crippen LogP contribution is -2.30. The highest BCUT2D eigenvalue weighted by Crippen LogP contribution is 2.16. The molecule has 0 fully saturated rings. The monoisotopic (exact) mass is 370 g/mol. The van der Waals surface area contributed by atoms with Crippen molar-refractivity contribution >= 4 is 15.9 Å². The van der Waals surface area contributed by atoms with Gasteiger partial charge in [-0.2, -0.15) is 4.31 Å². The molecule has 0 atom stereocenters. The molecule has 7 heteroatoms. The van der Waals surface area contributed by atoms with Crippen molar-refractivity contribution in [1.29, 1.82) is 0 Å². The van der Waals surface area contributed by atoms with Gasteiger partial charge >= 0.3 is 0 Å². The molecule has 0 aromatic heterocycles. The van der Waals surface area contributed by atoms with Crippen LogP contribution in [0.2, 0.25) is 0 Å². The fraction of sp³-hybridized carbons (Fsp3) is 0.611. The van der Waals surface area contributed by atoms with E-state index in [0.717, 1.165) is 13.0 Å². The number of nitrogens with one attached hydrogen (secondary N) is 1. The zero-order valence-corrected chi connectivity index (χ0v) is 16.4. The Bertz CT molecular complexity index is 623. The smallest absolute Gasteiger partial charge is 0.251 e.